The van der Waals surface area contributed by atoms with Crippen molar-refractivity contribution in [2.24, 2.45) is 5.92 Å². The van der Waals surface area contributed by atoms with Crippen LogP contribution in [0.4, 0.5) is 0 Å². The molecule has 0 radical (unpaired) electrons. The Labute approximate surface area is 103 Å². The zero-order valence-electron chi connectivity index (χ0n) is 9.05. The van der Waals surface area contributed by atoms with Crippen molar-refractivity contribution in [1.29, 1.82) is 0 Å². The standard InChI is InChI=1S/C11H16BrNOS/c1-8(2)4-3-5-13-11(14)9-6-10(12)15-7-9/h6-8H,3-5H2,1-2H3,(H,13,14). The van der Waals surface area contributed by atoms with E-state index >= 15 is 0 Å². The molecule has 1 rings (SSSR count). The van der Waals surface area contributed by atoms with Crippen LogP contribution in [0.5, 0.6) is 0 Å². The first-order valence-corrected chi connectivity index (χ1v) is 6.79. The zero-order valence-corrected chi connectivity index (χ0v) is 11.5. The van der Waals surface area contributed by atoms with Crippen molar-refractivity contribution in [3.05, 3.63) is 20.8 Å². The van der Waals surface area contributed by atoms with Gasteiger partial charge in [0.2, 0.25) is 0 Å². The van der Waals surface area contributed by atoms with Gasteiger partial charge < -0.3 is 5.32 Å². The minimum Gasteiger partial charge on any atom is -0.352 e. The van der Waals surface area contributed by atoms with Gasteiger partial charge in [-0.25, -0.2) is 0 Å². The number of hydrogen-bond acceptors (Lipinski definition) is 2. The highest BCUT2D eigenvalue weighted by Crippen LogP contribution is 2.20. The maximum absolute atomic E-state index is 11.6. The second-order valence-corrected chi connectivity index (χ2v) is 6.22. The van der Waals surface area contributed by atoms with Gasteiger partial charge in [-0.3, -0.25) is 4.79 Å². The molecule has 0 aliphatic carbocycles. The molecule has 0 fully saturated rings. The molecule has 1 heterocycles. The topological polar surface area (TPSA) is 29.1 Å². The summed E-state index contributed by atoms with van der Waals surface area (Å²) in [5, 5.41) is 4.78. The van der Waals surface area contributed by atoms with Crippen LogP contribution in [-0.2, 0) is 0 Å². The third kappa shape index (κ3) is 4.80. The molecule has 15 heavy (non-hydrogen) atoms. The fourth-order valence-corrected chi connectivity index (χ4v) is 2.38. The van der Waals surface area contributed by atoms with Crippen molar-refractivity contribution in [3.8, 4) is 0 Å². The number of hydrogen-bond donors (Lipinski definition) is 1. The van der Waals surface area contributed by atoms with Crippen LogP contribution >= 0.6 is 27.3 Å². The van der Waals surface area contributed by atoms with Crippen LogP contribution in [0.2, 0.25) is 0 Å². The Bertz CT molecular complexity index is 322. The van der Waals surface area contributed by atoms with Gasteiger partial charge >= 0.3 is 0 Å². The lowest BCUT2D eigenvalue weighted by Gasteiger charge is -2.05. The summed E-state index contributed by atoms with van der Waals surface area (Å²) >= 11 is 4.87. The second kappa shape index (κ2) is 6.28. The molecule has 0 aromatic carbocycles. The van der Waals surface area contributed by atoms with E-state index in [1.165, 1.54) is 11.3 Å². The smallest absolute Gasteiger partial charge is 0.252 e. The lowest BCUT2D eigenvalue weighted by molar-refractivity contribution is 0.0953. The Morgan fingerprint density at radius 3 is 2.87 bits per heavy atom. The molecule has 1 amide bonds. The van der Waals surface area contributed by atoms with E-state index in [2.05, 4.69) is 35.1 Å². The molecule has 0 saturated heterocycles. The average molecular weight is 290 g/mol. The number of rotatable bonds is 5. The van der Waals surface area contributed by atoms with E-state index in [0.717, 1.165) is 28.7 Å². The largest absolute Gasteiger partial charge is 0.352 e. The molecule has 84 valence electrons. The molecule has 2 nitrogen and oxygen atoms in total. The summed E-state index contributed by atoms with van der Waals surface area (Å²) in [5.74, 6) is 0.734. The van der Waals surface area contributed by atoms with E-state index in [9.17, 15) is 4.79 Å². The van der Waals surface area contributed by atoms with Gasteiger partial charge in [0, 0.05) is 11.9 Å². The van der Waals surface area contributed by atoms with Crippen LogP contribution in [0.1, 0.15) is 37.0 Å². The first kappa shape index (κ1) is 12.7. The highest BCUT2D eigenvalue weighted by Gasteiger charge is 2.06. The molecular formula is C11H16BrNOS. The lowest BCUT2D eigenvalue weighted by Crippen LogP contribution is -2.24. The number of nitrogens with one attached hydrogen (secondary N) is 1. The Balaban J connectivity index is 2.25. The summed E-state index contributed by atoms with van der Waals surface area (Å²) in [5.41, 5.74) is 0.747. The van der Waals surface area contributed by atoms with E-state index in [1.807, 2.05) is 11.4 Å². The van der Waals surface area contributed by atoms with Crippen molar-refractivity contribution < 1.29 is 4.79 Å². The third-order valence-electron chi connectivity index (χ3n) is 2.07. The zero-order chi connectivity index (χ0) is 11.3. The molecule has 0 saturated carbocycles. The molecule has 0 aliphatic rings. The first-order valence-electron chi connectivity index (χ1n) is 5.12. The molecule has 0 atom stereocenters. The van der Waals surface area contributed by atoms with Crippen LogP contribution in [0.3, 0.4) is 0 Å². The summed E-state index contributed by atoms with van der Waals surface area (Å²) in [7, 11) is 0. The second-order valence-electron chi connectivity index (χ2n) is 3.93. The van der Waals surface area contributed by atoms with Crippen LogP contribution in [-0.4, -0.2) is 12.5 Å². The van der Waals surface area contributed by atoms with Crippen LogP contribution in [0, 0.1) is 5.92 Å². The molecule has 0 bridgehead atoms. The number of thiophene rings is 1. The molecule has 4 heteroatoms. The van der Waals surface area contributed by atoms with Gasteiger partial charge in [0.15, 0.2) is 0 Å². The summed E-state index contributed by atoms with van der Waals surface area (Å²) in [4.78, 5) is 11.6. The van der Waals surface area contributed by atoms with Crippen molar-refractivity contribution in [2.75, 3.05) is 6.54 Å². The Hall–Kier alpha value is -0.350. The fourth-order valence-electron chi connectivity index (χ4n) is 1.24. The summed E-state index contributed by atoms with van der Waals surface area (Å²) in [6, 6.07) is 1.85. The van der Waals surface area contributed by atoms with Gasteiger partial charge in [-0.1, -0.05) is 13.8 Å². The van der Waals surface area contributed by atoms with E-state index < -0.39 is 0 Å². The third-order valence-corrected chi connectivity index (χ3v) is 3.58. The monoisotopic (exact) mass is 289 g/mol. The number of carbonyl (C=O) groups excluding carboxylic acids is 1. The van der Waals surface area contributed by atoms with Gasteiger partial charge in [0.1, 0.15) is 0 Å². The van der Waals surface area contributed by atoms with E-state index in [1.54, 1.807) is 0 Å². The van der Waals surface area contributed by atoms with Crippen molar-refractivity contribution in [2.45, 2.75) is 26.7 Å². The molecular weight excluding hydrogens is 274 g/mol. The molecule has 0 aliphatic heterocycles. The van der Waals surface area contributed by atoms with E-state index in [-0.39, 0.29) is 5.91 Å². The minimum absolute atomic E-state index is 0.0284. The Morgan fingerprint density at radius 2 is 2.33 bits per heavy atom. The Kier molecular flexibility index (Phi) is 5.32. The Morgan fingerprint density at radius 1 is 1.60 bits per heavy atom. The SMILES string of the molecule is CC(C)CCCNC(=O)c1csc(Br)c1. The lowest BCUT2D eigenvalue weighted by atomic mass is 10.1. The van der Waals surface area contributed by atoms with Crippen molar-refractivity contribution in [1.82, 2.24) is 5.32 Å². The molecule has 1 aromatic rings. The van der Waals surface area contributed by atoms with Gasteiger partial charge in [-0.15, -0.1) is 11.3 Å². The highest BCUT2D eigenvalue weighted by molar-refractivity contribution is 9.11. The molecule has 0 spiro atoms. The predicted molar refractivity (Wildman–Crippen MR) is 68.4 cm³/mol. The van der Waals surface area contributed by atoms with Gasteiger partial charge in [-0.05, 0) is 40.8 Å². The number of halogens is 1. The average Bonchev–Trinajstić information content (AvgIpc) is 2.59. The fraction of sp³-hybridized carbons (Fsp3) is 0.545. The summed E-state index contributed by atoms with van der Waals surface area (Å²) in [6.45, 7) is 5.15. The first-order chi connectivity index (χ1) is 7.09. The predicted octanol–water partition coefficient (Wildman–Crippen LogP) is 3.68. The quantitative estimate of drug-likeness (QED) is 0.824. The van der Waals surface area contributed by atoms with Gasteiger partial charge in [0.05, 0.1) is 9.35 Å². The molecule has 1 N–H and O–H groups in total. The van der Waals surface area contributed by atoms with Gasteiger partial charge in [-0.2, -0.15) is 0 Å². The van der Waals surface area contributed by atoms with Gasteiger partial charge in [0.25, 0.3) is 5.91 Å². The van der Waals surface area contributed by atoms with E-state index in [4.69, 9.17) is 0 Å². The van der Waals surface area contributed by atoms with Crippen LogP contribution < -0.4 is 5.32 Å². The maximum Gasteiger partial charge on any atom is 0.252 e. The van der Waals surface area contributed by atoms with Crippen LogP contribution in [0.25, 0.3) is 0 Å². The molecule has 0 unspecified atom stereocenters. The number of carbonyl (C=O) groups is 1. The minimum atomic E-state index is 0.0284. The van der Waals surface area contributed by atoms with Crippen molar-refractivity contribution in [3.63, 3.8) is 0 Å². The van der Waals surface area contributed by atoms with E-state index in [0.29, 0.717) is 5.92 Å². The summed E-state index contributed by atoms with van der Waals surface area (Å²) in [6.07, 6.45) is 2.21. The summed E-state index contributed by atoms with van der Waals surface area (Å²) < 4.78 is 0.995. The highest BCUT2D eigenvalue weighted by atomic mass is 79.9. The molecule has 1 aromatic heterocycles. The van der Waals surface area contributed by atoms with Crippen molar-refractivity contribution >= 4 is 33.2 Å². The van der Waals surface area contributed by atoms with Crippen LogP contribution in [0.15, 0.2) is 15.2 Å². The normalized spacial score (nSPS) is 10.7. The number of amides is 1. The maximum atomic E-state index is 11.6.